The third kappa shape index (κ3) is 5.48. The fourth-order valence-electron chi connectivity index (χ4n) is 3.81. The van der Waals surface area contributed by atoms with Crippen LogP contribution in [0, 0.1) is 0 Å². The molecule has 1 fully saturated rings. The van der Waals surface area contributed by atoms with Gasteiger partial charge in [-0.3, -0.25) is 4.79 Å². The van der Waals surface area contributed by atoms with Gasteiger partial charge in [0.2, 0.25) is 5.91 Å². The van der Waals surface area contributed by atoms with Crippen molar-refractivity contribution in [2.45, 2.75) is 38.3 Å². The largest absolute Gasteiger partial charge is 0.497 e. The molecule has 1 aromatic carbocycles. The molecule has 1 amide bonds. The van der Waals surface area contributed by atoms with Crippen molar-refractivity contribution < 1.29 is 9.53 Å². The van der Waals surface area contributed by atoms with E-state index in [1.807, 2.05) is 68.3 Å². The molecule has 1 saturated heterocycles. The molecule has 30 heavy (non-hydrogen) atoms. The van der Waals surface area contributed by atoms with Crippen LogP contribution in [0.2, 0.25) is 0 Å². The summed E-state index contributed by atoms with van der Waals surface area (Å²) in [5, 5.41) is 0. The molecule has 2 aromatic rings. The lowest BCUT2D eigenvalue weighted by Crippen LogP contribution is -2.32. The fraction of sp³-hybridized carbons (Fsp3) is 0.522. The number of anilines is 1. The zero-order valence-corrected chi connectivity index (χ0v) is 18.8. The first-order chi connectivity index (χ1) is 14.4. The molecule has 0 aliphatic carbocycles. The fourth-order valence-corrected chi connectivity index (χ4v) is 3.81. The third-order valence-corrected chi connectivity index (χ3v) is 5.38. The number of carbonyl (C=O) groups is 1. The molecule has 1 aliphatic rings. The number of carbonyl (C=O) groups excluding carboxylic acids is 1. The monoisotopic (exact) mass is 411 g/mol. The number of methoxy groups -OCH3 is 1. The quantitative estimate of drug-likeness (QED) is 0.666. The van der Waals surface area contributed by atoms with E-state index < -0.39 is 0 Å². The maximum absolute atomic E-state index is 13.0. The van der Waals surface area contributed by atoms with Crippen LogP contribution in [-0.4, -0.2) is 67.5 Å². The first kappa shape index (κ1) is 22.0. The first-order valence-corrected chi connectivity index (χ1v) is 10.5. The third-order valence-electron chi connectivity index (χ3n) is 5.38. The lowest BCUT2D eigenvalue weighted by molar-refractivity contribution is -0.132. The summed E-state index contributed by atoms with van der Waals surface area (Å²) < 4.78 is 5.20. The smallest absolute Gasteiger partial charge is 0.223 e. The van der Waals surface area contributed by atoms with Crippen LogP contribution >= 0.6 is 0 Å². The van der Waals surface area contributed by atoms with E-state index in [-0.39, 0.29) is 11.9 Å². The predicted molar refractivity (Wildman–Crippen MR) is 119 cm³/mol. The molecule has 1 atom stereocenters. The van der Waals surface area contributed by atoms with Crippen LogP contribution in [0.1, 0.15) is 42.4 Å². The van der Waals surface area contributed by atoms with Gasteiger partial charge in [0.15, 0.2) is 5.82 Å². The van der Waals surface area contributed by atoms with E-state index in [0.717, 1.165) is 61.0 Å². The molecule has 1 aliphatic heterocycles. The van der Waals surface area contributed by atoms with Crippen LogP contribution in [0.25, 0.3) is 0 Å². The molecule has 1 aromatic heterocycles. The van der Waals surface area contributed by atoms with Crippen LogP contribution in [0.15, 0.2) is 30.3 Å². The van der Waals surface area contributed by atoms with Gasteiger partial charge in [-0.15, -0.1) is 0 Å². The summed E-state index contributed by atoms with van der Waals surface area (Å²) in [7, 11) is 9.68. The summed E-state index contributed by atoms with van der Waals surface area (Å²) in [6, 6.07) is 9.88. The summed E-state index contributed by atoms with van der Waals surface area (Å²) in [6.45, 7) is 1.51. The van der Waals surface area contributed by atoms with Crippen molar-refractivity contribution in [3.8, 4) is 5.75 Å². The first-order valence-electron chi connectivity index (χ1n) is 10.5. The van der Waals surface area contributed by atoms with E-state index in [4.69, 9.17) is 14.7 Å². The molecule has 162 valence electrons. The normalized spacial score (nSPS) is 16.2. The van der Waals surface area contributed by atoms with Crippen LogP contribution in [0.5, 0.6) is 5.75 Å². The summed E-state index contributed by atoms with van der Waals surface area (Å²) >= 11 is 0. The van der Waals surface area contributed by atoms with Crippen molar-refractivity contribution in [1.82, 2.24) is 19.8 Å². The Balaban J connectivity index is 1.73. The standard InChI is InChI=1S/C23H33N5O2/c1-26(2)16-18-15-21(27(3)4)25-23(24-18)20-7-6-14-28(20)22(29)13-10-17-8-11-19(30-5)12-9-17/h8-9,11-12,15,20H,6-7,10,13-14,16H2,1-5H3. The maximum Gasteiger partial charge on any atom is 0.223 e. The average molecular weight is 412 g/mol. The molecule has 7 nitrogen and oxygen atoms in total. The second-order valence-corrected chi connectivity index (χ2v) is 8.30. The Hall–Kier alpha value is -2.67. The van der Waals surface area contributed by atoms with Gasteiger partial charge in [0.25, 0.3) is 0 Å². The zero-order valence-electron chi connectivity index (χ0n) is 18.8. The molecular weight excluding hydrogens is 378 g/mol. The van der Waals surface area contributed by atoms with E-state index in [9.17, 15) is 4.79 Å². The summed E-state index contributed by atoms with van der Waals surface area (Å²) in [4.78, 5) is 28.7. The number of hydrogen-bond acceptors (Lipinski definition) is 6. The minimum absolute atomic E-state index is 0.0471. The van der Waals surface area contributed by atoms with Crippen LogP contribution < -0.4 is 9.64 Å². The zero-order chi connectivity index (χ0) is 21.7. The van der Waals surface area contributed by atoms with Gasteiger partial charge >= 0.3 is 0 Å². The molecule has 0 saturated carbocycles. The topological polar surface area (TPSA) is 61.8 Å². The van der Waals surface area contributed by atoms with Gasteiger partial charge in [-0.2, -0.15) is 0 Å². The number of nitrogens with zero attached hydrogens (tertiary/aromatic N) is 5. The molecule has 7 heteroatoms. The Labute approximate surface area is 179 Å². The van der Waals surface area contributed by atoms with Crippen molar-refractivity contribution >= 4 is 11.7 Å². The van der Waals surface area contributed by atoms with Gasteiger partial charge in [-0.25, -0.2) is 9.97 Å². The highest BCUT2D eigenvalue weighted by Gasteiger charge is 2.32. The number of aryl methyl sites for hydroxylation is 1. The van der Waals surface area contributed by atoms with Crippen molar-refractivity contribution in [1.29, 1.82) is 0 Å². The number of likely N-dealkylation sites (tertiary alicyclic amines) is 1. The Bertz CT molecular complexity index is 851. The van der Waals surface area contributed by atoms with Gasteiger partial charge in [-0.05, 0) is 51.1 Å². The minimum Gasteiger partial charge on any atom is -0.497 e. The summed E-state index contributed by atoms with van der Waals surface area (Å²) in [5.41, 5.74) is 2.12. The lowest BCUT2D eigenvalue weighted by Gasteiger charge is -2.25. The molecule has 1 unspecified atom stereocenters. The molecule has 0 N–H and O–H groups in total. The minimum atomic E-state index is -0.0471. The van der Waals surface area contributed by atoms with Crippen molar-refractivity contribution in [3.63, 3.8) is 0 Å². The van der Waals surface area contributed by atoms with E-state index in [0.29, 0.717) is 6.42 Å². The van der Waals surface area contributed by atoms with Gasteiger partial charge < -0.3 is 19.4 Å². The van der Waals surface area contributed by atoms with Gasteiger partial charge in [0, 0.05) is 39.7 Å². The van der Waals surface area contributed by atoms with Gasteiger partial charge in [0.05, 0.1) is 18.8 Å². The Morgan fingerprint density at radius 3 is 2.53 bits per heavy atom. The SMILES string of the molecule is COc1ccc(CCC(=O)N2CCCC2c2nc(CN(C)C)cc(N(C)C)n2)cc1. The second-order valence-electron chi connectivity index (χ2n) is 8.30. The number of benzene rings is 1. The summed E-state index contributed by atoms with van der Waals surface area (Å²) in [5.74, 6) is 2.64. The summed E-state index contributed by atoms with van der Waals surface area (Å²) in [6.07, 6.45) is 3.10. The highest BCUT2D eigenvalue weighted by molar-refractivity contribution is 5.77. The number of hydrogen-bond donors (Lipinski definition) is 0. The molecule has 0 spiro atoms. The number of rotatable bonds is 8. The van der Waals surface area contributed by atoms with Crippen LogP contribution in [0.3, 0.4) is 0 Å². The van der Waals surface area contributed by atoms with Crippen molar-refractivity contribution in [3.05, 3.63) is 47.4 Å². The molecule has 0 bridgehead atoms. The number of ether oxygens (including phenoxy) is 1. The molecular formula is C23H33N5O2. The van der Waals surface area contributed by atoms with Crippen molar-refractivity contribution in [2.24, 2.45) is 0 Å². The Morgan fingerprint density at radius 1 is 1.17 bits per heavy atom. The van der Waals surface area contributed by atoms with Gasteiger partial charge in [-0.1, -0.05) is 12.1 Å². The van der Waals surface area contributed by atoms with E-state index in [2.05, 4.69) is 4.90 Å². The molecule has 3 rings (SSSR count). The average Bonchev–Trinajstić information content (AvgIpc) is 3.21. The highest BCUT2D eigenvalue weighted by atomic mass is 16.5. The highest BCUT2D eigenvalue weighted by Crippen LogP contribution is 2.32. The number of aromatic nitrogens is 2. The molecule has 2 heterocycles. The van der Waals surface area contributed by atoms with Gasteiger partial charge in [0.1, 0.15) is 11.6 Å². The lowest BCUT2D eigenvalue weighted by atomic mass is 10.1. The molecule has 0 radical (unpaired) electrons. The maximum atomic E-state index is 13.0. The Morgan fingerprint density at radius 2 is 1.90 bits per heavy atom. The van der Waals surface area contributed by atoms with Crippen LogP contribution in [-0.2, 0) is 17.8 Å². The van der Waals surface area contributed by atoms with Crippen LogP contribution in [0.4, 0.5) is 5.82 Å². The number of amides is 1. The van der Waals surface area contributed by atoms with E-state index >= 15 is 0 Å². The Kier molecular flexibility index (Phi) is 7.26. The van der Waals surface area contributed by atoms with E-state index in [1.54, 1.807) is 7.11 Å². The van der Waals surface area contributed by atoms with E-state index in [1.165, 1.54) is 0 Å². The second kappa shape index (κ2) is 9.89. The van der Waals surface area contributed by atoms with Crippen molar-refractivity contribution in [2.75, 3.05) is 46.7 Å². The predicted octanol–water partition coefficient (Wildman–Crippen LogP) is 2.91.